The van der Waals surface area contributed by atoms with Gasteiger partial charge in [-0.15, -0.1) is 0 Å². The summed E-state index contributed by atoms with van der Waals surface area (Å²) >= 11 is 0. The first kappa shape index (κ1) is 53.1. The Morgan fingerprint density at radius 1 is 0.984 bits per heavy atom. The van der Waals surface area contributed by atoms with E-state index in [1.165, 1.54) is 21.2 Å². The van der Waals surface area contributed by atoms with Crippen molar-refractivity contribution in [1.29, 1.82) is 0 Å². The van der Waals surface area contributed by atoms with Crippen LogP contribution < -0.4 is 16.1 Å². The summed E-state index contributed by atoms with van der Waals surface area (Å²) in [6.45, 7) is 12.3. The molecule has 3 heterocycles. The third-order valence-corrected chi connectivity index (χ3v) is 12.4. The number of amides is 6. The predicted molar refractivity (Wildman–Crippen MR) is 228 cm³/mol. The zero-order chi connectivity index (χ0) is 47.6. The van der Waals surface area contributed by atoms with Crippen LogP contribution >= 0.6 is 0 Å². The molecule has 20 nitrogen and oxygen atoms in total. The lowest BCUT2D eigenvalue weighted by Gasteiger charge is -2.48. The van der Waals surface area contributed by atoms with Crippen LogP contribution in [0.15, 0.2) is 11.6 Å². The number of hydrogen-bond acceptors (Lipinski definition) is 14. The number of esters is 1. The van der Waals surface area contributed by atoms with E-state index in [1.807, 2.05) is 13.0 Å². The molecule has 0 radical (unpaired) electrons. The van der Waals surface area contributed by atoms with Crippen molar-refractivity contribution in [2.45, 2.75) is 142 Å². The molecule has 3 aliphatic rings. The van der Waals surface area contributed by atoms with E-state index in [0.717, 1.165) is 46.6 Å². The second-order valence-corrected chi connectivity index (χ2v) is 18.3. The second-order valence-electron chi connectivity index (χ2n) is 18.3. The fourth-order valence-electron chi connectivity index (χ4n) is 8.34. The van der Waals surface area contributed by atoms with E-state index in [9.17, 15) is 49.0 Å². The molecular formula is C43H73N7O13. The molecule has 6 N–H and O–H groups in total. The van der Waals surface area contributed by atoms with Crippen molar-refractivity contribution < 1.29 is 63.2 Å². The lowest BCUT2D eigenvalue weighted by molar-refractivity contribution is -0.328. The summed E-state index contributed by atoms with van der Waals surface area (Å²) in [6, 6.07) is -3.30. The first-order chi connectivity index (χ1) is 29.4. The zero-order valence-electron chi connectivity index (χ0n) is 39.0. The van der Waals surface area contributed by atoms with Gasteiger partial charge >= 0.3 is 5.97 Å². The van der Waals surface area contributed by atoms with Crippen molar-refractivity contribution in [3.05, 3.63) is 11.6 Å². The summed E-state index contributed by atoms with van der Waals surface area (Å²) in [5.41, 5.74) is 0.787. The standard InChI is InChI=1S/C43H73N7O13/c1-12-26(4)18-27(5)19-28(6)20-29(7)38-31(61-11)15-16-43(59,63-38)42(8,58)41(57)46-36-37(25(2)3)62-35(54)24-48(10)33(52)21-44-32(51)22-47(9)34(53)23-49(60)39(55)30-14-13-17-45-50(30)40(36)56/h20,25-28,30-31,36-38,45,58-60H,12-19,21-24H2,1-11H3,(H,44,51)(H,46,57)/b29-20-/t26-,27+,28-,30+,31+,36-,37+,38-,42-,43+/m1/s1. The highest BCUT2D eigenvalue weighted by Crippen LogP contribution is 2.39. The van der Waals surface area contributed by atoms with E-state index in [2.05, 4.69) is 43.8 Å². The van der Waals surface area contributed by atoms with Crippen LogP contribution in [0.5, 0.6) is 0 Å². The SMILES string of the molecule is CC[C@@H](C)C[C@H](C)C[C@@H](C)/C=C(/C)[C@H]1O[C@](O)([C@](C)(O)C(=O)N[C@H]2C(=O)N3NCCC[C@H]3C(=O)N(O)CC(=O)N(C)CC(=O)NCC(=O)N(C)CC(=O)O[C@H]2C(C)C)CC[C@@H]1OC. The molecule has 3 fully saturated rings. The Labute approximate surface area is 371 Å². The van der Waals surface area contributed by atoms with E-state index >= 15 is 0 Å². The number of ether oxygens (including phenoxy) is 3. The Kier molecular flexibility index (Phi) is 19.5. The largest absolute Gasteiger partial charge is 0.458 e. The van der Waals surface area contributed by atoms with Crippen LogP contribution in [0.2, 0.25) is 0 Å². The number of hydroxylamine groups is 2. The Balaban J connectivity index is 2.04. The van der Waals surface area contributed by atoms with Gasteiger partial charge in [-0.2, -0.15) is 0 Å². The summed E-state index contributed by atoms with van der Waals surface area (Å²) in [7, 11) is 4.03. The molecule has 63 heavy (non-hydrogen) atoms. The molecule has 20 heteroatoms. The summed E-state index contributed by atoms with van der Waals surface area (Å²) in [4.78, 5) is 96.7. The van der Waals surface area contributed by atoms with Gasteiger partial charge in [-0.05, 0) is 75.2 Å². The monoisotopic (exact) mass is 896 g/mol. The summed E-state index contributed by atoms with van der Waals surface area (Å²) in [5, 5.41) is 40.9. The lowest BCUT2D eigenvalue weighted by atomic mass is 9.83. The number of rotatable bonds is 12. The smallest absolute Gasteiger partial charge is 0.325 e. The maximum atomic E-state index is 14.8. The number of nitrogens with one attached hydrogen (secondary N) is 3. The van der Waals surface area contributed by atoms with E-state index in [1.54, 1.807) is 13.8 Å². The van der Waals surface area contributed by atoms with Gasteiger partial charge in [0.1, 0.15) is 37.4 Å². The third-order valence-electron chi connectivity index (χ3n) is 12.4. The average Bonchev–Trinajstić information content (AvgIpc) is 3.22. The van der Waals surface area contributed by atoms with Gasteiger partial charge in [0, 0.05) is 34.2 Å². The lowest BCUT2D eigenvalue weighted by Crippen LogP contribution is -2.70. The summed E-state index contributed by atoms with van der Waals surface area (Å²) < 4.78 is 17.8. The van der Waals surface area contributed by atoms with Crippen LogP contribution in [-0.4, -0.2) is 172 Å². The van der Waals surface area contributed by atoms with Gasteiger partial charge in [0.15, 0.2) is 5.60 Å². The van der Waals surface area contributed by atoms with Gasteiger partial charge < -0.3 is 44.9 Å². The van der Waals surface area contributed by atoms with Crippen molar-refractivity contribution >= 4 is 41.4 Å². The molecule has 6 amide bonds. The van der Waals surface area contributed by atoms with Gasteiger partial charge in [0.25, 0.3) is 17.7 Å². The van der Waals surface area contributed by atoms with Crippen molar-refractivity contribution in [2.24, 2.45) is 23.7 Å². The number of nitrogens with zero attached hydrogens (tertiary/aromatic N) is 4. The van der Waals surface area contributed by atoms with Crippen LogP contribution in [-0.2, 0) is 47.8 Å². The molecule has 0 spiro atoms. The molecule has 0 unspecified atom stereocenters. The zero-order valence-corrected chi connectivity index (χ0v) is 39.0. The number of likely N-dealkylation sites (N-methyl/N-ethyl adjacent to an activating group) is 2. The number of aliphatic hydroxyl groups is 2. The number of fused-ring (bicyclic) bond motifs is 1. The maximum absolute atomic E-state index is 14.8. The summed E-state index contributed by atoms with van der Waals surface area (Å²) in [6.07, 6.45) is 2.43. The highest BCUT2D eigenvalue weighted by molar-refractivity contribution is 5.96. The molecule has 0 saturated carbocycles. The Morgan fingerprint density at radius 3 is 2.25 bits per heavy atom. The molecule has 0 aromatic carbocycles. The topological polar surface area (TPSA) is 257 Å². The molecular weight excluding hydrogens is 823 g/mol. The highest BCUT2D eigenvalue weighted by Gasteiger charge is 2.58. The van der Waals surface area contributed by atoms with Crippen molar-refractivity contribution in [2.75, 3.05) is 53.9 Å². The number of allylic oxidation sites excluding steroid dienone is 1. The van der Waals surface area contributed by atoms with E-state index in [-0.39, 0.29) is 36.8 Å². The van der Waals surface area contributed by atoms with Gasteiger partial charge in [-0.1, -0.05) is 54.0 Å². The van der Waals surface area contributed by atoms with Crippen molar-refractivity contribution in [3.8, 4) is 0 Å². The second kappa shape index (κ2) is 23.1. The minimum atomic E-state index is -2.76. The van der Waals surface area contributed by atoms with Crippen molar-refractivity contribution in [3.63, 3.8) is 0 Å². The number of hydrazine groups is 1. The van der Waals surface area contributed by atoms with Crippen LogP contribution in [0, 0.1) is 23.7 Å². The number of carbonyl (C=O) groups is 7. The van der Waals surface area contributed by atoms with E-state index in [0.29, 0.717) is 18.3 Å². The van der Waals surface area contributed by atoms with Crippen LogP contribution in [0.3, 0.4) is 0 Å². The Hall–Kier alpha value is -4.21. The first-order valence-electron chi connectivity index (χ1n) is 22.0. The fraction of sp³-hybridized carbons (Fsp3) is 0.791. The number of carbonyl (C=O) groups excluding carboxylic acids is 7. The normalized spacial score (nSPS) is 29.4. The van der Waals surface area contributed by atoms with Gasteiger partial charge in [0.05, 0.1) is 19.2 Å². The molecule has 3 aliphatic heterocycles. The molecule has 358 valence electrons. The van der Waals surface area contributed by atoms with Crippen LogP contribution in [0.25, 0.3) is 0 Å². The highest BCUT2D eigenvalue weighted by atomic mass is 16.7. The molecule has 3 rings (SSSR count). The Morgan fingerprint density at radius 2 is 1.63 bits per heavy atom. The molecule has 3 saturated heterocycles. The minimum absolute atomic E-state index is 0.00357. The molecule has 10 atom stereocenters. The van der Waals surface area contributed by atoms with Crippen molar-refractivity contribution in [1.82, 2.24) is 35.9 Å². The number of cyclic esters (lactones) is 1. The maximum Gasteiger partial charge on any atom is 0.325 e. The van der Waals surface area contributed by atoms with Gasteiger partial charge in [0.2, 0.25) is 23.5 Å². The van der Waals surface area contributed by atoms with Crippen LogP contribution in [0.1, 0.15) is 100 Å². The molecule has 0 bridgehead atoms. The van der Waals surface area contributed by atoms with Gasteiger partial charge in [-0.25, -0.2) is 10.5 Å². The number of hydrogen-bond donors (Lipinski definition) is 6. The molecule has 0 aliphatic carbocycles. The Bertz CT molecular complexity index is 1680. The third kappa shape index (κ3) is 13.9. The molecule has 0 aromatic rings. The van der Waals surface area contributed by atoms with E-state index < -0.39 is 115 Å². The van der Waals surface area contributed by atoms with Gasteiger partial charge in [-0.3, -0.25) is 43.8 Å². The summed E-state index contributed by atoms with van der Waals surface area (Å²) in [5.74, 6) is -8.78. The van der Waals surface area contributed by atoms with E-state index in [4.69, 9.17) is 14.2 Å². The average molecular weight is 896 g/mol. The molecule has 0 aromatic heterocycles. The quantitative estimate of drug-likeness (QED) is 0.0886. The predicted octanol–water partition coefficient (Wildman–Crippen LogP) is 0.477. The minimum Gasteiger partial charge on any atom is -0.458 e. The fourth-order valence-corrected chi connectivity index (χ4v) is 8.34. The van der Waals surface area contributed by atoms with Crippen LogP contribution in [0.4, 0.5) is 0 Å². The first-order valence-corrected chi connectivity index (χ1v) is 22.0. The number of methoxy groups -OCH3 is 1.